The smallest absolute Gasteiger partial charge is 0.317 e. The van der Waals surface area contributed by atoms with E-state index in [0.29, 0.717) is 32.7 Å². The summed E-state index contributed by atoms with van der Waals surface area (Å²) in [6.45, 7) is 6.96. The van der Waals surface area contributed by atoms with Crippen molar-refractivity contribution in [1.82, 2.24) is 10.2 Å². The first-order valence-electron chi connectivity index (χ1n) is 10.4. The summed E-state index contributed by atoms with van der Waals surface area (Å²) in [4.78, 5) is 28.6. The Balaban J connectivity index is 1.48. The quantitative estimate of drug-likeness (QED) is 0.681. The molecule has 1 heterocycles. The highest BCUT2D eigenvalue weighted by Crippen LogP contribution is 2.21. The summed E-state index contributed by atoms with van der Waals surface area (Å²) >= 11 is 0. The normalized spacial score (nSPS) is 14.9. The lowest BCUT2D eigenvalue weighted by atomic mass is 10.1. The van der Waals surface area contributed by atoms with Crippen LogP contribution in [0, 0.1) is 5.92 Å². The largest absolute Gasteiger partial charge is 0.508 e. The lowest BCUT2D eigenvalue weighted by Gasteiger charge is -2.36. The van der Waals surface area contributed by atoms with Crippen molar-refractivity contribution in [2.75, 3.05) is 36.4 Å². The van der Waals surface area contributed by atoms with Crippen molar-refractivity contribution in [1.29, 1.82) is 0 Å². The number of nitrogens with one attached hydrogen (secondary N) is 2. The van der Waals surface area contributed by atoms with Crippen LogP contribution in [-0.2, 0) is 11.3 Å². The molecule has 1 fully saturated rings. The summed E-state index contributed by atoms with van der Waals surface area (Å²) in [6, 6.07) is 14.6. The predicted octanol–water partition coefficient (Wildman–Crippen LogP) is 3.41. The maximum absolute atomic E-state index is 12.5. The van der Waals surface area contributed by atoms with E-state index >= 15 is 0 Å². The first kappa shape index (κ1) is 21.5. The SMILES string of the molecule is CCC(C)C(=O)Nc1cccc(CNC(=O)N2CCN(c3cccc(O)c3)CC2)c1. The number of carbonyl (C=O) groups is 2. The number of hydrogen-bond acceptors (Lipinski definition) is 4. The molecule has 3 N–H and O–H groups in total. The van der Waals surface area contributed by atoms with Crippen LogP contribution in [0.4, 0.5) is 16.2 Å². The monoisotopic (exact) mass is 410 g/mol. The van der Waals surface area contributed by atoms with E-state index in [0.717, 1.165) is 23.4 Å². The summed E-state index contributed by atoms with van der Waals surface area (Å²) in [7, 11) is 0. The van der Waals surface area contributed by atoms with Crippen molar-refractivity contribution >= 4 is 23.3 Å². The van der Waals surface area contributed by atoms with E-state index in [-0.39, 0.29) is 23.6 Å². The van der Waals surface area contributed by atoms with E-state index in [9.17, 15) is 14.7 Å². The zero-order valence-electron chi connectivity index (χ0n) is 17.6. The standard InChI is InChI=1S/C23H30N4O3/c1-3-17(2)22(29)25-19-7-4-6-18(14-19)16-24-23(30)27-12-10-26(11-13-27)20-8-5-9-21(28)15-20/h4-9,14-15,17,28H,3,10-13,16H2,1-2H3,(H,24,30)(H,25,29). The highest BCUT2D eigenvalue weighted by molar-refractivity contribution is 5.92. The van der Waals surface area contributed by atoms with Crippen LogP contribution in [0.1, 0.15) is 25.8 Å². The number of urea groups is 1. The van der Waals surface area contributed by atoms with Crippen molar-refractivity contribution in [3.05, 3.63) is 54.1 Å². The van der Waals surface area contributed by atoms with Gasteiger partial charge in [-0.15, -0.1) is 0 Å². The Kier molecular flexibility index (Phi) is 7.17. The number of nitrogens with zero attached hydrogens (tertiary/aromatic N) is 2. The number of phenols is 1. The topological polar surface area (TPSA) is 84.9 Å². The van der Waals surface area contributed by atoms with Gasteiger partial charge in [0.2, 0.25) is 5.91 Å². The van der Waals surface area contributed by atoms with Crippen molar-refractivity contribution in [3.63, 3.8) is 0 Å². The molecule has 2 aromatic carbocycles. The molecule has 7 nitrogen and oxygen atoms in total. The average molecular weight is 411 g/mol. The molecule has 3 amide bonds. The molecule has 1 saturated heterocycles. The lowest BCUT2D eigenvalue weighted by molar-refractivity contribution is -0.119. The van der Waals surface area contributed by atoms with Crippen LogP contribution in [0.2, 0.25) is 0 Å². The van der Waals surface area contributed by atoms with Gasteiger partial charge in [0, 0.05) is 56.1 Å². The van der Waals surface area contributed by atoms with Gasteiger partial charge in [-0.25, -0.2) is 4.79 Å². The highest BCUT2D eigenvalue weighted by Gasteiger charge is 2.21. The van der Waals surface area contributed by atoms with E-state index in [2.05, 4.69) is 15.5 Å². The molecule has 0 radical (unpaired) electrons. The zero-order chi connectivity index (χ0) is 21.5. The van der Waals surface area contributed by atoms with Gasteiger partial charge < -0.3 is 25.5 Å². The molecule has 1 aliphatic heterocycles. The molecule has 160 valence electrons. The minimum atomic E-state index is -0.0976. The zero-order valence-corrected chi connectivity index (χ0v) is 17.6. The number of amides is 3. The summed E-state index contributed by atoms with van der Waals surface area (Å²) < 4.78 is 0. The second-order valence-electron chi connectivity index (χ2n) is 7.65. The number of benzene rings is 2. The minimum absolute atomic E-state index is 0.00305. The van der Waals surface area contributed by atoms with E-state index in [4.69, 9.17) is 0 Å². The number of piperazine rings is 1. The van der Waals surface area contributed by atoms with Crippen molar-refractivity contribution in [2.45, 2.75) is 26.8 Å². The van der Waals surface area contributed by atoms with Crippen molar-refractivity contribution < 1.29 is 14.7 Å². The number of anilines is 2. The van der Waals surface area contributed by atoms with E-state index in [1.807, 2.05) is 50.2 Å². The number of carbonyl (C=O) groups excluding carboxylic acids is 2. The highest BCUT2D eigenvalue weighted by atomic mass is 16.3. The van der Waals surface area contributed by atoms with Crippen LogP contribution >= 0.6 is 0 Å². The first-order valence-corrected chi connectivity index (χ1v) is 10.4. The van der Waals surface area contributed by atoms with Gasteiger partial charge in [0.05, 0.1) is 0 Å². The summed E-state index contributed by atoms with van der Waals surface area (Å²) in [5.41, 5.74) is 2.64. The molecule has 0 aromatic heterocycles. The van der Waals surface area contributed by atoms with Crippen LogP contribution in [0.25, 0.3) is 0 Å². The Bertz CT molecular complexity index is 878. The van der Waals surface area contributed by atoms with Gasteiger partial charge in [-0.1, -0.05) is 32.0 Å². The fraction of sp³-hybridized carbons (Fsp3) is 0.391. The van der Waals surface area contributed by atoms with E-state index in [1.54, 1.807) is 17.0 Å². The summed E-state index contributed by atoms with van der Waals surface area (Å²) in [6.07, 6.45) is 0.792. The third-order valence-corrected chi connectivity index (χ3v) is 5.46. The van der Waals surface area contributed by atoms with Crippen LogP contribution in [0.5, 0.6) is 5.75 Å². The van der Waals surface area contributed by atoms with Gasteiger partial charge in [0.1, 0.15) is 5.75 Å². The van der Waals surface area contributed by atoms with Gasteiger partial charge in [-0.05, 0) is 36.2 Å². The van der Waals surface area contributed by atoms with Gasteiger partial charge in [-0.3, -0.25) is 4.79 Å². The third kappa shape index (κ3) is 5.65. The third-order valence-electron chi connectivity index (χ3n) is 5.46. The fourth-order valence-corrected chi connectivity index (χ4v) is 3.36. The molecule has 30 heavy (non-hydrogen) atoms. The second kappa shape index (κ2) is 10.0. The van der Waals surface area contributed by atoms with Crippen molar-refractivity contribution in [2.24, 2.45) is 5.92 Å². The van der Waals surface area contributed by atoms with Gasteiger partial charge in [0.15, 0.2) is 0 Å². The minimum Gasteiger partial charge on any atom is -0.508 e. The molecule has 0 saturated carbocycles. The summed E-state index contributed by atoms with van der Waals surface area (Å²) in [5, 5.41) is 15.5. The van der Waals surface area contributed by atoms with Crippen LogP contribution in [0.3, 0.4) is 0 Å². The lowest BCUT2D eigenvalue weighted by Crippen LogP contribution is -2.51. The molecule has 1 atom stereocenters. The molecular weight excluding hydrogens is 380 g/mol. The van der Waals surface area contributed by atoms with Crippen LogP contribution in [-0.4, -0.2) is 48.1 Å². The number of hydrogen-bond donors (Lipinski definition) is 3. The Morgan fingerprint density at radius 2 is 1.80 bits per heavy atom. The Morgan fingerprint density at radius 3 is 2.50 bits per heavy atom. The fourth-order valence-electron chi connectivity index (χ4n) is 3.36. The predicted molar refractivity (Wildman–Crippen MR) is 119 cm³/mol. The molecular formula is C23H30N4O3. The van der Waals surface area contributed by atoms with E-state index < -0.39 is 0 Å². The Labute approximate surface area is 177 Å². The summed E-state index contributed by atoms with van der Waals surface area (Å²) in [5.74, 6) is 0.213. The molecule has 2 aromatic rings. The molecule has 1 unspecified atom stereocenters. The first-order chi connectivity index (χ1) is 14.5. The van der Waals surface area contributed by atoms with E-state index in [1.165, 1.54) is 0 Å². The maximum Gasteiger partial charge on any atom is 0.317 e. The van der Waals surface area contributed by atoms with Gasteiger partial charge in [0.25, 0.3) is 0 Å². The molecule has 0 bridgehead atoms. The van der Waals surface area contributed by atoms with Crippen LogP contribution < -0.4 is 15.5 Å². The second-order valence-corrected chi connectivity index (χ2v) is 7.65. The number of rotatable bonds is 6. The molecule has 3 rings (SSSR count). The van der Waals surface area contributed by atoms with Crippen LogP contribution in [0.15, 0.2) is 48.5 Å². The van der Waals surface area contributed by atoms with Gasteiger partial charge >= 0.3 is 6.03 Å². The Morgan fingerprint density at radius 1 is 1.07 bits per heavy atom. The van der Waals surface area contributed by atoms with Crippen molar-refractivity contribution in [3.8, 4) is 5.75 Å². The van der Waals surface area contributed by atoms with Gasteiger partial charge in [-0.2, -0.15) is 0 Å². The molecule has 1 aliphatic rings. The number of phenolic OH excluding ortho intramolecular Hbond substituents is 1. The molecule has 0 spiro atoms. The number of aromatic hydroxyl groups is 1. The molecule has 7 heteroatoms. The molecule has 0 aliphatic carbocycles. The average Bonchev–Trinajstić information content (AvgIpc) is 2.77. The maximum atomic E-state index is 12.5. The Hall–Kier alpha value is -3.22.